The minimum Gasteiger partial charge on any atom is -0.496 e. The fourth-order valence-corrected chi connectivity index (χ4v) is 5.09. The first kappa shape index (κ1) is 17.3. The van der Waals surface area contributed by atoms with Gasteiger partial charge < -0.3 is 9.47 Å². The lowest BCUT2D eigenvalue weighted by Gasteiger charge is -2.35. The van der Waals surface area contributed by atoms with E-state index >= 15 is 0 Å². The van der Waals surface area contributed by atoms with Crippen molar-refractivity contribution < 1.29 is 9.47 Å². The molecule has 0 spiro atoms. The highest BCUT2D eigenvalue weighted by molar-refractivity contribution is 5.44. The molecule has 0 saturated carbocycles. The third-order valence-corrected chi connectivity index (χ3v) is 6.37. The van der Waals surface area contributed by atoms with E-state index < -0.39 is 0 Å². The summed E-state index contributed by atoms with van der Waals surface area (Å²) < 4.78 is 11.0. The Morgan fingerprint density at radius 3 is 2.68 bits per heavy atom. The van der Waals surface area contributed by atoms with Crippen LogP contribution in [0, 0.1) is 5.92 Å². The second kappa shape index (κ2) is 7.65. The Morgan fingerprint density at radius 2 is 1.88 bits per heavy atom. The van der Waals surface area contributed by atoms with Crippen molar-refractivity contribution in [3.63, 3.8) is 0 Å². The summed E-state index contributed by atoms with van der Waals surface area (Å²) in [4.78, 5) is 5.34. The van der Waals surface area contributed by atoms with Gasteiger partial charge in [0.05, 0.1) is 13.7 Å². The van der Waals surface area contributed by atoms with Crippen molar-refractivity contribution in [1.29, 1.82) is 0 Å². The Bertz CT molecular complexity index is 604. The zero-order chi connectivity index (χ0) is 17.2. The highest BCUT2D eigenvalue weighted by Crippen LogP contribution is 2.33. The van der Waals surface area contributed by atoms with Crippen molar-refractivity contribution in [2.24, 2.45) is 5.92 Å². The molecule has 3 saturated heterocycles. The number of nitrogens with zero attached hydrogens (tertiary/aromatic N) is 2. The van der Waals surface area contributed by atoms with Gasteiger partial charge in [-0.05, 0) is 55.2 Å². The fourth-order valence-electron chi connectivity index (χ4n) is 5.09. The van der Waals surface area contributed by atoms with Gasteiger partial charge in [-0.1, -0.05) is 6.07 Å². The Morgan fingerprint density at radius 1 is 1.04 bits per heavy atom. The van der Waals surface area contributed by atoms with Crippen molar-refractivity contribution in [1.82, 2.24) is 9.80 Å². The van der Waals surface area contributed by atoms with Crippen LogP contribution in [0.15, 0.2) is 12.1 Å². The number of hydrogen-bond acceptors (Lipinski definition) is 4. The van der Waals surface area contributed by atoms with Crippen LogP contribution in [-0.2, 0) is 24.1 Å². The summed E-state index contributed by atoms with van der Waals surface area (Å²) in [6, 6.07) is 5.42. The predicted octanol–water partition coefficient (Wildman–Crippen LogP) is 2.73. The quantitative estimate of drug-likeness (QED) is 0.792. The maximum atomic E-state index is 5.73. The van der Waals surface area contributed by atoms with Crippen LogP contribution in [0.5, 0.6) is 5.75 Å². The van der Waals surface area contributed by atoms with Gasteiger partial charge in [0.1, 0.15) is 5.75 Å². The van der Waals surface area contributed by atoms with E-state index in [0.717, 1.165) is 31.4 Å². The van der Waals surface area contributed by atoms with Gasteiger partial charge in [-0.3, -0.25) is 9.80 Å². The average Bonchev–Trinajstić information content (AvgIpc) is 2.90. The molecule has 25 heavy (non-hydrogen) atoms. The molecule has 1 aromatic rings. The maximum Gasteiger partial charge on any atom is 0.123 e. The summed E-state index contributed by atoms with van der Waals surface area (Å²) in [5.41, 5.74) is 4.44. The number of methoxy groups -OCH3 is 2. The Kier molecular flexibility index (Phi) is 5.30. The Hall–Kier alpha value is -1.10. The average molecular weight is 344 g/mol. The van der Waals surface area contributed by atoms with Gasteiger partial charge in [-0.15, -0.1) is 0 Å². The highest BCUT2D eigenvalue weighted by atomic mass is 16.5. The van der Waals surface area contributed by atoms with Gasteiger partial charge in [-0.2, -0.15) is 0 Å². The number of hydrogen-bond donors (Lipinski definition) is 0. The predicted molar refractivity (Wildman–Crippen MR) is 100 cm³/mol. The molecule has 1 aromatic carbocycles. The molecule has 1 aliphatic carbocycles. The molecular formula is C21H32N2O2. The summed E-state index contributed by atoms with van der Waals surface area (Å²) in [5, 5.41) is 0. The van der Waals surface area contributed by atoms with Crippen molar-refractivity contribution >= 4 is 0 Å². The van der Waals surface area contributed by atoms with Crippen LogP contribution in [0.25, 0.3) is 0 Å². The number of benzene rings is 1. The number of piperidine rings is 1. The van der Waals surface area contributed by atoms with Gasteiger partial charge in [0.25, 0.3) is 0 Å². The molecule has 3 aliphatic heterocycles. The second-order valence-corrected chi connectivity index (χ2v) is 8.07. The molecule has 2 atom stereocenters. The lowest BCUT2D eigenvalue weighted by Crippen LogP contribution is -2.45. The smallest absolute Gasteiger partial charge is 0.123 e. The summed E-state index contributed by atoms with van der Waals surface area (Å²) in [6.07, 6.45) is 6.47. The number of fused-ring (bicyclic) bond motifs is 5. The molecule has 0 radical (unpaired) electrons. The van der Waals surface area contributed by atoms with Crippen LogP contribution >= 0.6 is 0 Å². The molecule has 0 unspecified atom stereocenters. The molecule has 4 aliphatic rings. The summed E-state index contributed by atoms with van der Waals surface area (Å²) >= 11 is 0. The summed E-state index contributed by atoms with van der Waals surface area (Å²) in [6.45, 7) is 6.60. The molecule has 3 heterocycles. The van der Waals surface area contributed by atoms with Crippen LogP contribution in [0.1, 0.15) is 36.0 Å². The van der Waals surface area contributed by atoms with Crippen molar-refractivity contribution in [2.45, 2.75) is 44.7 Å². The molecule has 2 bridgehead atoms. The second-order valence-electron chi connectivity index (χ2n) is 8.07. The molecular weight excluding hydrogens is 312 g/mol. The van der Waals surface area contributed by atoms with Gasteiger partial charge >= 0.3 is 0 Å². The first-order valence-electron chi connectivity index (χ1n) is 9.91. The zero-order valence-electron chi connectivity index (χ0n) is 15.8. The van der Waals surface area contributed by atoms with Crippen molar-refractivity contribution in [3.05, 3.63) is 28.8 Å². The van der Waals surface area contributed by atoms with E-state index in [-0.39, 0.29) is 0 Å². The first-order chi connectivity index (χ1) is 12.3. The van der Waals surface area contributed by atoms with Gasteiger partial charge in [0.15, 0.2) is 0 Å². The van der Waals surface area contributed by atoms with Crippen LogP contribution < -0.4 is 4.74 Å². The fraction of sp³-hybridized carbons (Fsp3) is 0.714. The molecule has 4 heteroatoms. The van der Waals surface area contributed by atoms with Crippen LogP contribution in [0.3, 0.4) is 0 Å². The summed E-state index contributed by atoms with van der Waals surface area (Å²) in [5.74, 6) is 1.89. The third-order valence-electron chi connectivity index (χ3n) is 6.37. The molecule has 138 valence electrons. The molecule has 0 amide bonds. The monoisotopic (exact) mass is 344 g/mol. The lowest BCUT2D eigenvalue weighted by molar-refractivity contribution is 0.0867. The SMILES string of the molecule is COCCN1C[C@@H]2CC[C@H]1CN(Cc1cc3c(cc1OC)CCC3)C2. The zero-order valence-corrected chi connectivity index (χ0v) is 15.8. The number of rotatable bonds is 6. The first-order valence-corrected chi connectivity index (χ1v) is 9.91. The molecule has 3 fully saturated rings. The standard InChI is InChI=1S/C21H32N2O2/c1-24-9-8-23-13-16-6-7-20(23)15-22(12-16)14-19-10-17-4-3-5-18(17)11-21(19)25-2/h10-11,16,20H,3-9,12-15H2,1-2H3/t16-,20+/m1/s1. The van der Waals surface area contributed by atoms with Gasteiger partial charge in [0, 0.05) is 51.4 Å². The van der Waals surface area contributed by atoms with Crippen LogP contribution in [-0.4, -0.2) is 62.8 Å². The summed E-state index contributed by atoms with van der Waals surface area (Å²) in [7, 11) is 3.63. The maximum absolute atomic E-state index is 5.73. The van der Waals surface area contributed by atoms with E-state index in [1.54, 1.807) is 5.56 Å². The minimum atomic E-state index is 0.689. The minimum absolute atomic E-state index is 0.689. The van der Waals surface area contributed by atoms with E-state index in [2.05, 4.69) is 21.9 Å². The van der Waals surface area contributed by atoms with Gasteiger partial charge in [-0.25, -0.2) is 0 Å². The van der Waals surface area contributed by atoms with Crippen LogP contribution in [0.4, 0.5) is 0 Å². The van der Waals surface area contributed by atoms with E-state index in [0.29, 0.717) is 6.04 Å². The van der Waals surface area contributed by atoms with E-state index in [4.69, 9.17) is 9.47 Å². The normalized spacial score (nSPS) is 26.6. The topological polar surface area (TPSA) is 24.9 Å². The largest absolute Gasteiger partial charge is 0.496 e. The molecule has 0 N–H and O–H groups in total. The number of aryl methyl sites for hydroxylation is 2. The number of ether oxygens (including phenoxy) is 2. The van der Waals surface area contributed by atoms with Crippen LogP contribution in [0.2, 0.25) is 0 Å². The molecule has 4 nitrogen and oxygen atoms in total. The molecule has 0 aromatic heterocycles. The van der Waals surface area contributed by atoms with Gasteiger partial charge in [0.2, 0.25) is 0 Å². The van der Waals surface area contributed by atoms with E-state index in [1.807, 2.05) is 14.2 Å². The van der Waals surface area contributed by atoms with Crippen molar-refractivity contribution in [3.8, 4) is 5.75 Å². The Balaban J connectivity index is 1.48. The Labute approximate surface area is 152 Å². The lowest BCUT2D eigenvalue weighted by atomic mass is 9.95. The highest BCUT2D eigenvalue weighted by Gasteiger charge is 2.34. The van der Waals surface area contributed by atoms with Crippen molar-refractivity contribution in [2.75, 3.05) is 47.0 Å². The van der Waals surface area contributed by atoms with E-state index in [1.165, 1.54) is 62.9 Å². The third kappa shape index (κ3) is 3.71. The molecule has 5 rings (SSSR count). The van der Waals surface area contributed by atoms with E-state index in [9.17, 15) is 0 Å².